The van der Waals surface area contributed by atoms with Crippen molar-refractivity contribution in [3.63, 3.8) is 0 Å². The van der Waals surface area contributed by atoms with E-state index in [9.17, 15) is 0 Å². The molecule has 3 heteroatoms. The van der Waals surface area contributed by atoms with Gasteiger partial charge < -0.3 is 5.32 Å². The van der Waals surface area contributed by atoms with Crippen LogP contribution in [0.4, 0.5) is 5.82 Å². The van der Waals surface area contributed by atoms with Gasteiger partial charge in [-0.1, -0.05) is 20.8 Å². The molecule has 0 saturated heterocycles. The lowest BCUT2D eigenvalue weighted by molar-refractivity contribution is 0.531. The molecule has 1 aromatic heterocycles. The van der Waals surface area contributed by atoms with Crippen LogP contribution in [-0.2, 0) is 6.54 Å². The molecule has 0 bridgehead atoms. The van der Waals surface area contributed by atoms with Crippen molar-refractivity contribution in [3.05, 3.63) is 12.3 Å². The summed E-state index contributed by atoms with van der Waals surface area (Å²) in [6.07, 6.45) is 4.17. The van der Waals surface area contributed by atoms with Crippen molar-refractivity contribution in [2.45, 2.75) is 53.1 Å². The summed E-state index contributed by atoms with van der Waals surface area (Å²) in [5.41, 5.74) is 0. The summed E-state index contributed by atoms with van der Waals surface area (Å²) in [6.45, 7) is 9.89. The van der Waals surface area contributed by atoms with E-state index in [1.165, 1.54) is 6.42 Å². The second kappa shape index (κ2) is 5.79. The Balaban J connectivity index is 2.51. The van der Waals surface area contributed by atoms with Crippen molar-refractivity contribution < 1.29 is 0 Å². The molecule has 1 N–H and O–H groups in total. The monoisotopic (exact) mass is 209 g/mol. The molecule has 3 nitrogen and oxygen atoms in total. The summed E-state index contributed by atoms with van der Waals surface area (Å²) in [4.78, 5) is 0. The molecular formula is C12H23N3. The van der Waals surface area contributed by atoms with Crippen molar-refractivity contribution in [2.24, 2.45) is 5.92 Å². The van der Waals surface area contributed by atoms with E-state index in [0.29, 0.717) is 6.04 Å². The van der Waals surface area contributed by atoms with Gasteiger partial charge in [-0.3, -0.25) is 0 Å². The second-order valence-electron chi connectivity index (χ2n) is 4.61. The van der Waals surface area contributed by atoms with E-state index in [1.807, 2.05) is 16.9 Å². The summed E-state index contributed by atoms with van der Waals surface area (Å²) in [7, 11) is 0. The van der Waals surface area contributed by atoms with E-state index >= 15 is 0 Å². The Morgan fingerprint density at radius 3 is 2.73 bits per heavy atom. The van der Waals surface area contributed by atoms with E-state index < -0.39 is 0 Å². The van der Waals surface area contributed by atoms with E-state index in [0.717, 1.165) is 24.7 Å². The predicted octanol–water partition coefficient (Wildman–Crippen LogP) is 3.14. The predicted molar refractivity (Wildman–Crippen MR) is 65.1 cm³/mol. The molecule has 1 atom stereocenters. The average molecular weight is 209 g/mol. The molecule has 1 aromatic rings. The van der Waals surface area contributed by atoms with Crippen LogP contribution >= 0.6 is 0 Å². The van der Waals surface area contributed by atoms with E-state index in [2.05, 4.69) is 38.1 Å². The minimum absolute atomic E-state index is 0.511. The van der Waals surface area contributed by atoms with Crippen LogP contribution in [0.1, 0.15) is 40.5 Å². The molecule has 0 spiro atoms. The minimum atomic E-state index is 0.511. The zero-order valence-electron chi connectivity index (χ0n) is 10.3. The Morgan fingerprint density at radius 2 is 2.13 bits per heavy atom. The van der Waals surface area contributed by atoms with Crippen molar-refractivity contribution >= 4 is 5.82 Å². The molecule has 0 fully saturated rings. The van der Waals surface area contributed by atoms with Gasteiger partial charge in [0.25, 0.3) is 0 Å². The van der Waals surface area contributed by atoms with Crippen LogP contribution < -0.4 is 5.32 Å². The minimum Gasteiger partial charge on any atom is -0.368 e. The van der Waals surface area contributed by atoms with Gasteiger partial charge in [-0.05, 0) is 25.7 Å². The maximum absolute atomic E-state index is 4.29. The first-order valence-corrected chi connectivity index (χ1v) is 5.91. The van der Waals surface area contributed by atoms with Gasteiger partial charge >= 0.3 is 0 Å². The molecule has 0 aliphatic rings. The number of aromatic nitrogens is 2. The molecule has 0 saturated carbocycles. The third-order valence-electron chi connectivity index (χ3n) is 2.37. The molecule has 86 valence electrons. The molecule has 0 aliphatic carbocycles. The Hall–Kier alpha value is -0.990. The highest BCUT2D eigenvalue weighted by molar-refractivity contribution is 5.34. The Labute approximate surface area is 92.9 Å². The molecule has 1 heterocycles. The van der Waals surface area contributed by atoms with Gasteiger partial charge in [0.2, 0.25) is 0 Å². The summed E-state index contributed by atoms with van der Waals surface area (Å²) in [5, 5.41) is 7.80. The van der Waals surface area contributed by atoms with Gasteiger partial charge in [0.15, 0.2) is 0 Å². The second-order valence-corrected chi connectivity index (χ2v) is 4.61. The molecule has 0 amide bonds. The zero-order chi connectivity index (χ0) is 11.3. The average Bonchev–Trinajstić information content (AvgIpc) is 2.52. The van der Waals surface area contributed by atoms with E-state index in [1.54, 1.807) is 0 Å². The fraction of sp³-hybridized carbons (Fsp3) is 0.750. The number of aryl methyl sites for hydroxylation is 1. The van der Waals surface area contributed by atoms with Gasteiger partial charge in [0, 0.05) is 18.7 Å². The standard InChI is InChI=1S/C12H23N3/c1-5-8-15-12(6-7-13-15)14-11(4)9-10(2)3/h6-7,10-11,14H,5,8-9H2,1-4H3. The Kier molecular flexibility index (Phi) is 4.66. The van der Waals surface area contributed by atoms with Crippen molar-refractivity contribution in [1.82, 2.24) is 9.78 Å². The zero-order valence-corrected chi connectivity index (χ0v) is 10.3. The number of nitrogens with one attached hydrogen (secondary N) is 1. The van der Waals surface area contributed by atoms with Crippen LogP contribution in [0, 0.1) is 5.92 Å². The fourth-order valence-electron chi connectivity index (χ4n) is 1.86. The van der Waals surface area contributed by atoms with Crippen LogP contribution in [0.25, 0.3) is 0 Å². The lowest BCUT2D eigenvalue weighted by atomic mass is 10.1. The van der Waals surface area contributed by atoms with Crippen molar-refractivity contribution in [2.75, 3.05) is 5.32 Å². The Morgan fingerprint density at radius 1 is 1.40 bits per heavy atom. The maximum Gasteiger partial charge on any atom is 0.124 e. The smallest absolute Gasteiger partial charge is 0.124 e. The van der Waals surface area contributed by atoms with Crippen LogP contribution in [0.2, 0.25) is 0 Å². The summed E-state index contributed by atoms with van der Waals surface area (Å²) < 4.78 is 2.04. The van der Waals surface area contributed by atoms with Crippen molar-refractivity contribution in [3.8, 4) is 0 Å². The topological polar surface area (TPSA) is 29.9 Å². The lowest BCUT2D eigenvalue weighted by Gasteiger charge is -2.17. The highest BCUT2D eigenvalue weighted by Crippen LogP contribution is 2.12. The molecular weight excluding hydrogens is 186 g/mol. The van der Waals surface area contributed by atoms with Gasteiger partial charge in [0.05, 0.1) is 6.20 Å². The largest absolute Gasteiger partial charge is 0.368 e. The summed E-state index contributed by atoms with van der Waals surface area (Å²) in [5.74, 6) is 1.88. The normalized spacial score (nSPS) is 13.1. The maximum atomic E-state index is 4.29. The van der Waals surface area contributed by atoms with Crippen LogP contribution in [0.3, 0.4) is 0 Å². The molecule has 15 heavy (non-hydrogen) atoms. The fourth-order valence-corrected chi connectivity index (χ4v) is 1.86. The molecule has 0 aliphatic heterocycles. The highest BCUT2D eigenvalue weighted by Gasteiger charge is 2.07. The van der Waals surface area contributed by atoms with Gasteiger partial charge in [0.1, 0.15) is 5.82 Å². The highest BCUT2D eigenvalue weighted by atomic mass is 15.3. The van der Waals surface area contributed by atoms with E-state index in [-0.39, 0.29) is 0 Å². The number of anilines is 1. The number of hydrogen-bond donors (Lipinski definition) is 1. The Bertz CT molecular complexity index is 278. The third kappa shape index (κ3) is 3.94. The third-order valence-corrected chi connectivity index (χ3v) is 2.37. The molecule has 1 rings (SSSR count). The number of hydrogen-bond acceptors (Lipinski definition) is 2. The summed E-state index contributed by atoms with van der Waals surface area (Å²) >= 11 is 0. The first-order chi connectivity index (χ1) is 7.13. The first-order valence-electron chi connectivity index (χ1n) is 5.91. The molecule has 0 radical (unpaired) electrons. The van der Waals surface area contributed by atoms with Crippen LogP contribution in [0.5, 0.6) is 0 Å². The number of nitrogens with zero attached hydrogens (tertiary/aromatic N) is 2. The lowest BCUT2D eigenvalue weighted by Crippen LogP contribution is -2.20. The first kappa shape index (κ1) is 12.1. The SMILES string of the molecule is CCCn1nccc1NC(C)CC(C)C. The van der Waals surface area contributed by atoms with Crippen LogP contribution in [0.15, 0.2) is 12.3 Å². The van der Waals surface area contributed by atoms with Gasteiger partial charge in [-0.15, -0.1) is 0 Å². The van der Waals surface area contributed by atoms with Gasteiger partial charge in [-0.2, -0.15) is 5.10 Å². The van der Waals surface area contributed by atoms with Crippen LogP contribution in [-0.4, -0.2) is 15.8 Å². The quantitative estimate of drug-likeness (QED) is 0.780. The summed E-state index contributed by atoms with van der Waals surface area (Å²) in [6, 6.07) is 2.56. The molecule has 1 unspecified atom stereocenters. The van der Waals surface area contributed by atoms with E-state index in [4.69, 9.17) is 0 Å². The molecule has 0 aromatic carbocycles. The van der Waals surface area contributed by atoms with Gasteiger partial charge in [-0.25, -0.2) is 4.68 Å². The van der Waals surface area contributed by atoms with Crippen molar-refractivity contribution in [1.29, 1.82) is 0 Å². The number of rotatable bonds is 6.